The van der Waals surface area contributed by atoms with Gasteiger partial charge in [0.1, 0.15) is 0 Å². The molecule has 1 saturated carbocycles. The molecule has 0 amide bonds. The van der Waals surface area contributed by atoms with E-state index < -0.39 is 0 Å². The van der Waals surface area contributed by atoms with E-state index in [-0.39, 0.29) is 0 Å². The minimum absolute atomic E-state index is 0.664. The van der Waals surface area contributed by atoms with Gasteiger partial charge in [0.2, 0.25) is 0 Å². The van der Waals surface area contributed by atoms with Crippen molar-refractivity contribution in [1.82, 2.24) is 4.90 Å². The van der Waals surface area contributed by atoms with Gasteiger partial charge in [-0.2, -0.15) is 0 Å². The highest BCUT2D eigenvalue weighted by molar-refractivity contribution is 5.54. The lowest BCUT2D eigenvalue weighted by atomic mass is 10.7. The van der Waals surface area contributed by atoms with Crippen molar-refractivity contribution in [3.8, 4) is 0 Å². The molecule has 0 saturated heterocycles. The molecule has 2 heteroatoms. The molecule has 2 nitrogen and oxygen atoms in total. The van der Waals surface area contributed by atoms with Crippen LogP contribution in [-0.2, 0) is 0 Å². The summed E-state index contributed by atoms with van der Waals surface area (Å²) in [7, 11) is 3.98. The molecule has 0 aromatic heterocycles. The fourth-order valence-electron chi connectivity index (χ4n) is 0.451. The van der Waals surface area contributed by atoms with Gasteiger partial charge in [0.05, 0.1) is 12.4 Å². The van der Waals surface area contributed by atoms with E-state index in [1.807, 2.05) is 25.3 Å². The molecule has 1 rings (SSSR count). The molecule has 1 aliphatic rings. The summed E-state index contributed by atoms with van der Waals surface area (Å²) in [5.74, 6) is 0. The topological polar surface area (TPSA) is 15.6 Å². The third-order valence-corrected chi connectivity index (χ3v) is 1.06. The van der Waals surface area contributed by atoms with Gasteiger partial charge >= 0.3 is 0 Å². The third kappa shape index (κ3) is 1.96. The maximum absolute atomic E-state index is 4.24. The molecule has 1 aliphatic carbocycles. The Labute approximate surface area is 50.2 Å². The van der Waals surface area contributed by atoms with Crippen LogP contribution in [0.25, 0.3) is 0 Å². The molecule has 46 valence electrons. The van der Waals surface area contributed by atoms with Crippen LogP contribution in [-0.4, -0.2) is 31.4 Å². The van der Waals surface area contributed by atoms with E-state index >= 15 is 0 Å². The standard InChI is InChI=1S/C6H12N2/c1-8(2)5-7-6-3-4-6/h5-6H,3-4H2,1-2H3. The minimum Gasteiger partial charge on any atom is -0.369 e. The molecule has 0 spiro atoms. The Morgan fingerprint density at radius 2 is 2.12 bits per heavy atom. The van der Waals surface area contributed by atoms with Crippen molar-refractivity contribution >= 4 is 6.34 Å². The second kappa shape index (κ2) is 2.16. The summed E-state index contributed by atoms with van der Waals surface area (Å²) in [5, 5.41) is 0. The molecule has 8 heavy (non-hydrogen) atoms. The lowest BCUT2D eigenvalue weighted by Crippen LogP contribution is -2.07. The minimum atomic E-state index is 0.664. The predicted octanol–water partition coefficient (Wildman–Crippen LogP) is 0.739. The summed E-state index contributed by atoms with van der Waals surface area (Å²) in [6.45, 7) is 0. The van der Waals surface area contributed by atoms with Crippen LogP contribution in [0.15, 0.2) is 4.99 Å². The molecule has 0 aromatic carbocycles. The molecule has 1 fully saturated rings. The molecular formula is C6H12N2. The zero-order chi connectivity index (χ0) is 5.98. The Kier molecular flexibility index (Phi) is 1.51. The van der Waals surface area contributed by atoms with Crippen LogP contribution in [0.1, 0.15) is 12.8 Å². The largest absolute Gasteiger partial charge is 0.369 e. The van der Waals surface area contributed by atoms with Gasteiger partial charge in [-0.3, -0.25) is 4.99 Å². The van der Waals surface area contributed by atoms with Crippen molar-refractivity contribution in [3.05, 3.63) is 0 Å². The van der Waals surface area contributed by atoms with Gasteiger partial charge in [-0.05, 0) is 12.8 Å². The van der Waals surface area contributed by atoms with Gasteiger partial charge in [-0.25, -0.2) is 0 Å². The first-order valence-corrected chi connectivity index (χ1v) is 2.99. The van der Waals surface area contributed by atoms with Gasteiger partial charge in [0.15, 0.2) is 0 Å². The predicted molar refractivity (Wildman–Crippen MR) is 35.2 cm³/mol. The SMILES string of the molecule is CN(C)C=NC1CC1. The molecule has 0 radical (unpaired) electrons. The zero-order valence-corrected chi connectivity index (χ0v) is 5.46. The number of rotatable bonds is 2. The summed E-state index contributed by atoms with van der Waals surface area (Å²) in [4.78, 5) is 6.21. The highest BCUT2D eigenvalue weighted by Gasteiger charge is 2.18. The second-order valence-electron chi connectivity index (χ2n) is 2.46. The summed E-state index contributed by atoms with van der Waals surface area (Å²) in [6, 6.07) is 0.664. The van der Waals surface area contributed by atoms with Crippen LogP contribution in [0.3, 0.4) is 0 Å². The van der Waals surface area contributed by atoms with Gasteiger partial charge in [0, 0.05) is 14.1 Å². The van der Waals surface area contributed by atoms with Crippen molar-refractivity contribution in [2.24, 2.45) is 4.99 Å². The number of hydrogen-bond donors (Lipinski definition) is 0. The van der Waals surface area contributed by atoms with Crippen LogP contribution in [0, 0.1) is 0 Å². The smallest absolute Gasteiger partial charge is 0.0848 e. The molecule has 0 aliphatic heterocycles. The molecule has 0 aromatic rings. The number of nitrogens with zero attached hydrogens (tertiary/aromatic N) is 2. The molecule has 0 N–H and O–H groups in total. The molecule has 0 unspecified atom stereocenters. The Hall–Kier alpha value is -0.530. The Morgan fingerprint density at radius 1 is 1.50 bits per heavy atom. The maximum atomic E-state index is 4.24. The van der Waals surface area contributed by atoms with Crippen molar-refractivity contribution < 1.29 is 0 Å². The Morgan fingerprint density at radius 3 is 2.50 bits per heavy atom. The summed E-state index contributed by atoms with van der Waals surface area (Å²) in [6.07, 6.45) is 4.48. The van der Waals surface area contributed by atoms with Crippen molar-refractivity contribution in [2.45, 2.75) is 18.9 Å². The van der Waals surface area contributed by atoms with Crippen LogP contribution in [0.5, 0.6) is 0 Å². The van der Waals surface area contributed by atoms with E-state index in [0.29, 0.717) is 6.04 Å². The van der Waals surface area contributed by atoms with Gasteiger partial charge in [0.25, 0.3) is 0 Å². The molecular weight excluding hydrogens is 100 g/mol. The van der Waals surface area contributed by atoms with Crippen molar-refractivity contribution in [2.75, 3.05) is 14.1 Å². The highest BCUT2D eigenvalue weighted by atomic mass is 15.1. The van der Waals surface area contributed by atoms with Crippen LogP contribution >= 0.6 is 0 Å². The Bertz CT molecular complexity index is 88.7. The lowest BCUT2D eigenvalue weighted by Gasteiger charge is -2.00. The first-order chi connectivity index (χ1) is 3.79. The van der Waals surface area contributed by atoms with Crippen molar-refractivity contribution in [1.29, 1.82) is 0 Å². The maximum Gasteiger partial charge on any atom is 0.0848 e. The number of aliphatic imine (C=N–C) groups is 1. The molecule has 0 heterocycles. The van der Waals surface area contributed by atoms with Gasteiger partial charge in [-0.15, -0.1) is 0 Å². The fourth-order valence-corrected chi connectivity index (χ4v) is 0.451. The number of hydrogen-bond acceptors (Lipinski definition) is 1. The monoisotopic (exact) mass is 112 g/mol. The van der Waals surface area contributed by atoms with E-state index in [4.69, 9.17) is 0 Å². The van der Waals surface area contributed by atoms with E-state index in [2.05, 4.69) is 4.99 Å². The van der Waals surface area contributed by atoms with E-state index in [1.165, 1.54) is 12.8 Å². The lowest BCUT2D eigenvalue weighted by molar-refractivity contribution is 0.638. The van der Waals surface area contributed by atoms with Crippen molar-refractivity contribution in [3.63, 3.8) is 0 Å². The summed E-state index contributed by atoms with van der Waals surface area (Å²) >= 11 is 0. The quantitative estimate of drug-likeness (QED) is 0.380. The Balaban J connectivity index is 2.13. The van der Waals surface area contributed by atoms with Crippen LogP contribution in [0.4, 0.5) is 0 Å². The summed E-state index contributed by atoms with van der Waals surface area (Å²) < 4.78 is 0. The van der Waals surface area contributed by atoms with E-state index in [1.54, 1.807) is 0 Å². The first kappa shape index (κ1) is 5.60. The zero-order valence-electron chi connectivity index (χ0n) is 5.46. The fraction of sp³-hybridized carbons (Fsp3) is 0.833. The molecule has 0 bridgehead atoms. The van der Waals surface area contributed by atoms with Crippen LogP contribution in [0.2, 0.25) is 0 Å². The average molecular weight is 112 g/mol. The van der Waals surface area contributed by atoms with Crippen LogP contribution < -0.4 is 0 Å². The van der Waals surface area contributed by atoms with E-state index in [9.17, 15) is 0 Å². The first-order valence-electron chi connectivity index (χ1n) is 2.99. The summed E-state index contributed by atoms with van der Waals surface area (Å²) in [5.41, 5.74) is 0. The van der Waals surface area contributed by atoms with E-state index in [0.717, 1.165) is 0 Å². The third-order valence-electron chi connectivity index (χ3n) is 1.06. The molecule has 0 atom stereocenters. The average Bonchev–Trinajstić information content (AvgIpc) is 2.41. The normalized spacial score (nSPS) is 19.8. The second-order valence-corrected chi connectivity index (χ2v) is 2.46. The van der Waals surface area contributed by atoms with Gasteiger partial charge < -0.3 is 4.90 Å². The highest BCUT2D eigenvalue weighted by Crippen LogP contribution is 2.22. The van der Waals surface area contributed by atoms with Gasteiger partial charge in [-0.1, -0.05) is 0 Å².